The van der Waals surface area contributed by atoms with Crippen LogP contribution in [0.1, 0.15) is 15.9 Å². The highest BCUT2D eigenvalue weighted by molar-refractivity contribution is 7.90. The molecule has 0 saturated carbocycles. The van der Waals surface area contributed by atoms with E-state index in [-0.39, 0.29) is 17.3 Å². The standard InChI is InChI=1S/C16H15F2NO3S/c1-19(10-11-3-8-14(17)15(18)9-11)16(20)12-4-6-13(7-5-12)23(2,21)22/h3-9H,10H2,1-2H3. The van der Waals surface area contributed by atoms with Gasteiger partial charge in [-0.05, 0) is 42.0 Å². The number of rotatable bonds is 4. The number of sulfone groups is 1. The van der Waals surface area contributed by atoms with Crippen LogP contribution in [0.5, 0.6) is 0 Å². The summed E-state index contributed by atoms with van der Waals surface area (Å²) in [6.45, 7) is 0.101. The molecule has 0 aliphatic heterocycles. The molecule has 0 bridgehead atoms. The number of carbonyl (C=O) groups is 1. The lowest BCUT2D eigenvalue weighted by Crippen LogP contribution is -2.26. The van der Waals surface area contributed by atoms with Gasteiger partial charge in [-0.1, -0.05) is 6.07 Å². The van der Waals surface area contributed by atoms with Gasteiger partial charge in [0, 0.05) is 25.4 Å². The monoisotopic (exact) mass is 339 g/mol. The minimum atomic E-state index is -3.33. The van der Waals surface area contributed by atoms with Crippen LogP contribution < -0.4 is 0 Å². The van der Waals surface area contributed by atoms with Crippen LogP contribution in [0.4, 0.5) is 8.78 Å². The van der Waals surface area contributed by atoms with Crippen LogP contribution in [0, 0.1) is 11.6 Å². The Morgan fingerprint density at radius 3 is 2.17 bits per heavy atom. The first-order valence-corrected chi connectivity index (χ1v) is 8.57. The Morgan fingerprint density at radius 1 is 1.04 bits per heavy atom. The summed E-state index contributed by atoms with van der Waals surface area (Å²) in [4.78, 5) is 13.7. The van der Waals surface area contributed by atoms with E-state index >= 15 is 0 Å². The highest BCUT2D eigenvalue weighted by atomic mass is 32.2. The number of halogens is 2. The number of hydrogen-bond donors (Lipinski definition) is 0. The van der Waals surface area contributed by atoms with E-state index in [0.717, 1.165) is 18.4 Å². The summed E-state index contributed by atoms with van der Waals surface area (Å²) >= 11 is 0. The maximum atomic E-state index is 13.2. The number of carbonyl (C=O) groups excluding carboxylic acids is 1. The zero-order valence-electron chi connectivity index (χ0n) is 12.6. The maximum Gasteiger partial charge on any atom is 0.253 e. The number of nitrogens with zero attached hydrogens (tertiary/aromatic N) is 1. The van der Waals surface area contributed by atoms with Gasteiger partial charge in [-0.15, -0.1) is 0 Å². The van der Waals surface area contributed by atoms with Crippen molar-refractivity contribution in [2.45, 2.75) is 11.4 Å². The van der Waals surface area contributed by atoms with Crippen LogP contribution in [0.3, 0.4) is 0 Å². The van der Waals surface area contributed by atoms with Crippen LogP contribution in [0.15, 0.2) is 47.4 Å². The minimum Gasteiger partial charge on any atom is -0.337 e. The first-order valence-electron chi connectivity index (χ1n) is 6.68. The van der Waals surface area contributed by atoms with Crippen molar-refractivity contribution in [1.29, 1.82) is 0 Å². The molecular weight excluding hydrogens is 324 g/mol. The fraction of sp³-hybridized carbons (Fsp3) is 0.188. The Balaban J connectivity index is 2.14. The highest BCUT2D eigenvalue weighted by Crippen LogP contribution is 2.14. The predicted octanol–water partition coefficient (Wildman–Crippen LogP) is 2.64. The van der Waals surface area contributed by atoms with Crippen molar-refractivity contribution in [1.82, 2.24) is 4.90 Å². The first kappa shape index (κ1) is 17.1. The molecule has 2 rings (SSSR count). The fourth-order valence-electron chi connectivity index (χ4n) is 2.05. The molecular formula is C16H15F2NO3S. The molecule has 0 saturated heterocycles. The molecule has 2 aromatic rings. The second-order valence-corrected chi connectivity index (χ2v) is 7.22. The summed E-state index contributed by atoms with van der Waals surface area (Å²) in [5, 5.41) is 0. The van der Waals surface area contributed by atoms with Gasteiger partial charge in [-0.2, -0.15) is 0 Å². The van der Waals surface area contributed by atoms with Crippen LogP contribution in [-0.4, -0.2) is 32.5 Å². The molecule has 0 heterocycles. The zero-order chi connectivity index (χ0) is 17.2. The van der Waals surface area contributed by atoms with Crippen molar-refractivity contribution in [2.24, 2.45) is 0 Å². The van der Waals surface area contributed by atoms with E-state index in [0.29, 0.717) is 11.1 Å². The maximum absolute atomic E-state index is 13.2. The Labute approximate surface area is 133 Å². The van der Waals surface area contributed by atoms with Gasteiger partial charge in [0.25, 0.3) is 5.91 Å². The van der Waals surface area contributed by atoms with Gasteiger partial charge in [0.15, 0.2) is 21.5 Å². The van der Waals surface area contributed by atoms with Crippen molar-refractivity contribution in [2.75, 3.05) is 13.3 Å². The van der Waals surface area contributed by atoms with Crippen LogP contribution in [0.2, 0.25) is 0 Å². The number of amides is 1. The highest BCUT2D eigenvalue weighted by Gasteiger charge is 2.14. The third-order valence-electron chi connectivity index (χ3n) is 3.28. The van der Waals surface area contributed by atoms with Crippen molar-refractivity contribution < 1.29 is 22.0 Å². The quantitative estimate of drug-likeness (QED) is 0.860. The van der Waals surface area contributed by atoms with Gasteiger partial charge in [-0.3, -0.25) is 4.79 Å². The summed E-state index contributed by atoms with van der Waals surface area (Å²) < 4.78 is 48.8. The van der Waals surface area contributed by atoms with Gasteiger partial charge in [-0.25, -0.2) is 17.2 Å². The van der Waals surface area contributed by atoms with Crippen molar-refractivity contribution in [3.63, 3.8) is 0 Å². The SMILES string of the molecule is CN(Cc1ccc(F)c(F)c1)C(=O)c1ccc(S(C)(=O)=O)cc1. The van der Waals surface area contributed by atoms with E-state index in [4.69, 9.17) is 0 Å². The van der Waals surface area contributed by atoms with Gasteiger partial charge < -0.3 is 4.90 Å². The van der Waals surface area contributed by atoms with Gasteiger partial charge in [0.2, 0.25) is 0 Å². The molecule has 7 heteroatoms. The molecule has 0 N–H and O–H groups in total. The smallest absolute Gasteiger partial charge is 0.253 e. The van der Waals surface area contributed by atoms with Gasteiger partial charge in [0.1, 0.15) is 0 Å². The lowest BCUT2D eigenvalue weighted by Gasteiger charge is -2.17. The third-order valence-corrected chi connectivity index (χ3v) is 4.41. The largest absolute Gasteiger partial charge is 0.337 e. The molecule has 0 radical (unpaired) electrons. The molecule has 122 valence electrons. The van der Waals surface area contributed by atoms with E-state index in [9.17, 15) is 22.0 Å². The lowest BCUT2D eigenvalue weighted by molar-refractivity contribution is 0.0785. The average molecular weight is 339 g/mol. The normalized spacial score (nSPS) is 11.3. The lowest BCUT2D eigenvalue weighted by atomic mass is 10.1. The minimum absolute atomic E-state index is 0.101. The molecule has 0 spiro atoms. The Kier molecular flexibility index (Phi) is 4.79. The molecule has 23 heavy (non-hydrogen) atoms. The molecule has 0 aliphatic carbocycles. The number of hydrogen-bond acceptors (Lipinski definition) is 3. The van der Waals surface area contributed by atoms with E-state index in [1.54, 1.807) is 0 Å². The predicted molar refractivity (Wildman–Crippen MR) is 81.7 cm³/mol. The molecule has 0 fully saturated rings. The molecule has 4 nitrogen and oxygen atoms in total. The molecule has 0 aromatic heterocycles. The molecule has 2 aromatic carbocycles. The Hall–Kier alpha value is -2.28. The van der Waals surface area contributed by atoms with Gasteiger partial charge >= 0.3 is 0 Å². The van der Waals surface area contributed by atoms with Crippen molar-refractivity contribution >= 4 is 15.7 Å². The molecule has 0 atom stereocenters. The van der Waals surface area contributed by atoms with E-state index in [1.807, 2.05) is 0 Å². The van der Waals surface area contributed by atoms with Gasteiger partial charge in [0.05, 0.1) is 4.90 Å². The zero-order valence-corrected chi connectivity index (χ0v) is 13.4. The second-order valence-electron chi connectivity index (χ2n) is 5.21. The second kappa shape index (κ2) is 6.45. The van der Waals surface area contributed by atoms with E-state index in [1.165, 1.54) is 42.3 Å². The average Bonchev–Trinajstić information content (AvgIpc) is 2.49. The third kappa shape index (κ3) is 4.13. The topological polar surface area (TPSA) is 54.5 Å². The van der Waals surface area contributed by atoms with Crippen molar-refractivity contribution in [3.05, 3.63) is 65.2 Å². The first-order chi connectivity index (χ1) is 10.7. The van der Waals surface area contributed by atoms with E-state index < -0.39 is 21.5 Å². The van der Waals surface area contributed by atoms with Crippen molar-refractivity contribution in [3.8, 4) is 0 Å². The summed E-state index contributed by atoms with van der Waals surface area (Å²) in [7, 11) is -1.80. The Morgan fingerprint density at radius 2 is 1.65 bits per heavy atom. The molecule has 0 unspecified atom stereocenters. The molecule has 1 amide bonds. The number of benzene rings is 2. The van der Waals surface area contributed by atoms with Crippen LogP contribution >= 0.6 is 0 Å². The van der Waals surface area contributed by atoms with E-state index in [2.05, 4.69) is 0 Å². The summed E-state index contributed by atoms with van der Waals surface area (Å²) in [5.74, 6) is -2.27. The summed E-state index contributed by atoms with van der Waals surface area (Å²) in [6, 6.07) is 8.98. The van der Waals surface area contributed by atoms with Crippen LogP contribution in [0.25, 0.3) is 0 Å². The Bertz CT molecular complexity index is 833. The van der Waals surface area contributed by atoms with Crippen LogP contribution in [-0.2, 0) is 16.4 Å². The molecule has 0 aliphatic rings. The fourth-order valence-corrected chi connectivity index (χ4v) is 2.68. The summed E-state index contributed by atoms with van der Waals surface area (Å²) in [5.41, 5.74) is 0.759. The summed E-state index contributed by atoms with van der Waals surface area (Å²) in [6.07, 6.45) is 1.08.